The predicted octanol–water partition coefficient (Wildman–Crippen LogP) is 1.04. The molecule has 0 spiro atoms. The first-order chi connectivity index (χ1) is 9.66. The van der Waals surface area contributed by atoms with Crippen molar-refractivity contribution in [1.82, 2.24) is 19.6 Å². The average molecular weight is 275 g/mol. The molecule has 7 heteroatoms. The Labute approximate surface area is 116 Å². The lowest BCUT2D eigenvalue weighted by atomic mass is 10.2. The molecule has 0 aromatic carbocycles. The number of nitro groups is 1. The van der Waals surface area contributed by atoms with Crippen LogP contribution in [0.25, 0.3) is 5.65 Å². The number of piperazine rings is 1. The van der Waals surface area contributed by atoms with Gasteiger partial charge in [0.05, 0.1) is 6.20 Å². The first kappa shape index (κ1) is 13.0. The van der Waals surface area contributed by atoms with E-state index in [1.54, 1.807) is 22.7 Å². The average Bonchev–Trinajstić information content (AvgIpc) is 2.79. The molecular formula is C13H17N5O2. The van der Waals surface area contributed by atoms with E-state index in [2.05, 4.69) is 22.1 Å². The van der Waals surface area contributed by atoms with Crippen molar-refractivity contribution in [3.05, 3.63) is 40.2 Å². The highest BCUT2D eigenvalue weighted by atomic mass is 16.6. The number of rotatable bonds is 3. The van der Waals surface area contributed by atoms with Crippen LogP contribution in [0.5, 0.6) is 0 Å². The van der Waals surface area contributed by atoms with Gasteiger partial charge in [-0.15, -0.1) is 0 Å². The van der Waals surface area contributed by atoms with Crippen molar-refractivity contribution in [3.8, 4) is 0 Å². The normalized spacial score (nSPS) is 20.4. The molecule has 1 aliphatic rings. The predicted molar refractivity (Wildman–Crippen MR) is 74.6 cm³/mol. The third-order valence-electron chi connectivity index (χ3n) is 3.74. The van der Waals surface area contributed by atoms with Crippen LogP contribution in [0.2, 0.25) is 0 Å². The van der Waals surface area contributed by atoms with Gasteiger partial charge in [-0.2, -0.15) is 4.40 Å². The summed E-state index contributed by atoms with van der Waals surface area (Å²) in [6, 6.07) is 5.76. The van der Waals surface area contributed by atoms with E-state index in [1.165, 1.54) is 0 Å². The Morgan fingerprint density at radius 3 is 3.15 bits per heavy atom. The van der Waals surface area contributed by atoms with Gasteiger partial charge in [-0.25, -0.2) is 4.98 Å². The van der Waals surface area contributed by atoms with Gasteiger partial charge in [0.25, 0.3) is 0 Å². The van der Waals surface area contributed by atoms with Crippen LogP contribution in [0.4, 0.5) is 5.82 Å². The number of nitrogens with zero attached hydrogens (tertiary/aromatic N) is 4. The van der Waals surface area contributed by atoms with E-state index in [0.29, 0.717) is 23.9 Å². The molecular weight excluding hydrogens is 258 g/mol. The van der Waals surface area contributed by atoms with Crippen LogP contribution < -0.4 is 5.32 Å². The lowest BCUT2D eigenvalue weighted by Gasteiger charge is -2.33. The monoisotopic (exact) mass is 275 g/mol. The summed E-state index contributed by atoms with van der Waals surface area (Å²) >= 11 is 0. The fraction of sp³-hybridized carbons (Fsp3) is 0.462. The zero-order valence-electron chi connectivity index (χ0n) is 11.3. The number of hydrogen-bond acceptors (Lipinski definition) is 5. The van der Waals surface area contributed by atoms with Crippen molar-refractivity contribution in [2.75, 3.05) is 19.6 Å². The summed E-state index contributed by atoms with van der Waals surface area (Å²) in [4.78, 5) is 17.6. The van der Waals surface area contributed by atoms with Crippen LogP contribution in [0.15, 0.2) is 24.4 Å². The maximum Gasteiger partial charge on any atom is 0.352 e. The van der Waals surface area contributed by atoms with E-state index in [1.807, 2.05) is 6.07 Å². The summed E-state index contributed by atoms with van der Waals surface area (Å²) in [7, 11) is 0. The van der Waals surface area contributed by atoms with Crippen molar-refractivity contribution in [3.63, 3.8) is 0 Å². The maximum absolute atomic E-state index is 11.3. The van der Waals surface area contributed by atoms with Crippen LogP contribution in [0.3, 0.4) is 0 Å². The number of hydrogen-bond donors (Lipinski definition) is 1. The molecule has 20 heavy (non-hydrogen) atoms. The number of nitrogens with one attached hydrogen (secondary N) is 1. The van der Waals surface area contributed by atoms with Gasteiger partial charge in [-0.05, 0) is 17.9 Å². The second-order valence-electron chi connectivity index (χ2n) is 5.09. The quantitative estimate of drug-likeness (QED) is 0.669. The zero-order valence-corrected chi connectivity index (χ0v) is 11.3. The molecule has 1 saturated heterocycles. The molecule has 1 N–H and O–H groups in total. The Kier molecular flexibility index (Phi) is 3.37. The van der Waals surface area contributed by atoms with Crippen LogP contribution >= 0.6 is 0 Å². The Hall–Kier alpha value is -1.99. The summed E-state index contributed by atoms with van der Waals surface area (Å²) in [5, 5.41) is 14.6. The molecule has 0 amide bonds. The number of imidazole rings is 1. The van der Waals surface area contributed by atoms with Gasteiger partial charge in [-0.3, -0.25) is 4.90 Å². The smallest absolute Gasteiger partial charge is 0.352 e. The van der Waals surface area contributed by atoms with Crippen LogP contribution in [0.1, 0.15) is 12.6 Å². The van der Waals surface area contributed by atoms with Crippen LogP contribution in [0, 0.1) is 10.1 Å². The largest absolute Gasteiger partial charge is 0.358 e. The van der Waals surface area contributed by atoms with Gasteiger partial charge in [0.2, 0.25) is 5.65 Å². The molecule has 1 atom stereocenters. The number of pyridine rings is 1. The van der Waals surface area contributed by atoms with Crippen molar-refractivity contribution >= 4 is 11.5 Å². The summed E-state index contributed by atoms with van der Waals surface area (Å²) < 4.78 is 1.54. The standard InChI is InChI=1S/C13H17N5O2/c1-10-8-14-5-7-16(10)9-11-13(18(19)20)17-6-3-2-4-12(17)15-11/h2-4,6,10,14H,5,7-9H2,1H3/t10-/m1/s1. The van der Waals surface area contributed by atoms with Crippen molar-refractivity contribution in [1.29, 1.82) is 0 Å². The van der Waals surface area contributed by atoms with E-state index >= 15 is 0 Å². The minimum Gasteiger partial charge on any atom is -0.358 e. The first-order valence-corrected chi connectivity index (χ1v) is 6.72. The molecule has 106 valence electrons. The third kappa shape index (κ3) is 2.25. The van der Waals surface area contributed by atoms with Gasteiger partial charge >= 0.3 is 5.82 Å². The minimum absolute atomic E-state index is 0.0753. The molecule has 0 saturated carbocycles. The molecule has 2 aromatic rings. The Morgan fingerprint density at radius 2 is 2.40 bits per heavy atom. The van der Waals surface area contributed by atoms with Crippen LogP contribution in [-0.2, 0) is 6.54 Å². The molecule has 7 nitrogen and oxygen atoms in total. The summed E-state index contributed by atoms with van der Waals surface area (Å²) in [5.41, 5.74) is 1.16. The lowest BCUT2D eigenvalue weighted by molar-refractivity contribution is -0.391. The summed E-state index contributed by atoms with van der Waals surface area (Å²) in [6.07, 6.45) is 1.69. The van der Waals surface area contributed by atoms with E-state index < -0.39 is 0 Å². The van der Waals surface area contributed by atoms with Crippen molar-refractivity contribution in [2.24, 2.45) is 0 Å². The minimum atomic E-state index is -0.345. The molecule has 3 rings (SSSR count). The van der Waals surface area contributed by atoms with Crippen molar-refractivity contribution < 1.29 is 4.92 Å². The van der Waals surface area contributed by atoms with Gasteiger partial charge in [-0.1, -0.05) is 6.07 Å². The molecule has 0 unspecified atom stereocenters. The van der Waals surface area contributed by atoms with Gasteiger partial charge in [0, 0.05) is 38.3 Å². The number of fused-ring (bicyclic) bond motifs is 1. The highest BCUT2D eigenvalue weighted by molar-refractivity contribution is 5.48. The van der Waals surface area contributed by atoms with E-state index in [4.69, 9.17) is 0 Å². The summed E-state index contributed by atoms with van der Waals surface area (Å²) in [5.74, 6) is 0.0753. The molecule has 1 aliphatic heterocycles. The SMILES string of the molecule is C[C@@H]1CNCCN1Cc1nc2ccccn2c1[N+](=O)[O-]. The zero-order chi connectivity index (χ0) is 14.1. The molecule has 3 heterocycles. The maximum atomic E-state index is 11.3. The van der Waals surface area contributed by atoms with Crippen molar-refractivity contribution in [2.45, 2.75) is 19.5 Å². The van der Waals surface area contributed by atoms with E-state index in [-0.39, 0.29) is 10.7 Å². The second kappa shape index (κ2) is 5.18. The number of aromatic nitrogens is 2. The Bertz CT molecular complexity index is 639. The molecule has 1 fully saturated rings. The lowest BCUT2D eigenvalue weighted by Crippen LogP contribution is -2.49. The highest BCUT2D eigenvalue weighted by Gasteiger charge is 2.26. The molecule has 0 radical (unpaired) electrons. The van der Waals surface area contributed by atoms with Gasteiger partial charge in [0.1, 0.15) is 0 Å². The second-order valence-corrected chi connectivity index (χ2v) is 5.09. The van der Waals surface area contributed by atoms with Gasteiger partial charge < -0.3 is 15.4 Å². The Morgan fingerprint density at radius 1 is 1.55 bits per heavy atom. The van der Waals surface area contributed by atoms with E-state index in [9.17, 15) is 10.1 Å². The van der Waals surface area contributed by atoms with Crippen LogP contribution in [-0.4, -0.2) is 44.9 Å². The summed E-state index contributed by atoms with van der Waals surface area (Å²) in [6.45, 7) is 5.33. The third-order valence-corrected chi connectivity index (χ3v) is 3.74. The fourth-order valence-electron chi connectivity index (χ4n) is 2.64. The van der Waals surface area contributed by atoms with Gasteiger partial charge in [0.15, 0.2) is 5.69 Å². The molecule has 0 aliphatic carbocycles. The topological polar surface area (TPSA) is 75.7 Å². The molecule has 0 bridgehead atoms. The fourth-order valence-corrected chi connectivity index (χ4v) is 2.64. The first-order valence-electron chi connectivity index (χ1n) is 6.72. The van der Waals surface area contributed by atoms with E-state index in [0.717, 1.165) is 19.6 Å². The molecule has 2 aromatic heterocycles. The highest BCUT2D eigenvalue weighted by Crippen LogP contribution is 2.22. The Balaban J connectivity index is 1.98.